The molecule has 0 saturated carbocycles. The van der Waals surface area contributed by atoms with Crippen molar-refractivity contribution in [2.24, 2.45) is 0 Å². The van der Waals surface area contributed by atoms with Gasteiger partial charge in [-0.15, -0.1) is 0 Å². The van der Waals surface area contributed by atoms with Gasteiger partial charge in [-0.05, 0) is 35.4 Å². The van der Waals surface area contributed by atoms with Crippen LogP contribution in [0, 0.1) is 0 Å². The van der Waals surface area contributed by atoms with Gasteiger partial charge in [0, 0.05) is 23.1 Å². The Kier molecular flexibility index (Phi) is 7.93. The average Bonchev–Trinajstić information content (AvgIpc) is 3.27. The molecule has 0 saturated heterocycles. The predicted octanol–water partition coefficient (Wildman–Crippen LogP) is 0.333. The SMILES string of the molecule is COc1ccc(C/C(C(=O)c2ccccc2)=C(\C(=O)[O-])c2ccc3nsnc3c2)cc1.[Na+]. The summed E-state index contributed by atoms with van der Waals surface area (Å²) in [4.78, 5) is 25.7. The fraction of sp³-hybridized carbons (Fsp3) is 0.0833. The van der Waals surface area contributed by atoms with Gasteiger partial charge in [-0.1, -0.05) is 48.5 Å². The minimum absolute atomic E-state index is 0. The van der Waals surface area contributed by atoms with Crippen molar-refractivity contribution in [3.05, 3.63) is 95.1 Å². The summed E-state index contributed by atoms with van der Waals surface area (Å²) in [6.45, 7) is 0. The Labute approximate surface area is 211 Å². The number of carbonyl (C=O) groups excluding carboxylic acids is 2. The molecule has 0 amide bonds. The second-order valence-electron chi connectivity index (χ2n) is 6.83. The first-order valence-corrected chi connectivity index (χ1v) is 10.2. The number of benzene rings is 3. The van der Waals surface area contributed by atoms with Crippen LogP contribution < -0.4 is 39.4 Å². The van der Waals surface area contributed by atoms with Gasteiger partial charge in [0.05, 0.1) is 24.8 Å². The van der Waals surface area contributed by atoms with Crippen molar-refractivity contribution >= 4 is 40.1 Å². The summed E-state index contributed by atoms with van der Waals surface area (Å²) in [7, 11) is 1.57. The Morgan fingerprint density at radius 3 is 2.25 bits per heavy atom. The molecule has 0 unspecified atom stereocenters. The van der Waals surface area contributed by atoms with E-state index in [0.29, 0.717) is 27.9 Å². The van der Waals surface area contributed by atoms with Gasteiger partial charge in [0.25, 0.3) is 0 Å². The molecular formula is C24H17N2NaO4S. The van der Waals surface area contributed by atoms with Crippen LogP contribution in [0.1, 0.15) is 21.5 Å². The van der Waals surface area contributed by atoms with Crippen molar-refractivity contribution in [1.29, 1.82) is 0 Å². The van der Waals surface area contributed by atoms with Gasteiger partial charge in [0.2, 0.25) is 0 Å². The minimum atomic E-state index is -1.42. The molecule has 0 aliphatic rings. The van der Waals surface area contributed by atoms with Crippen LogP contribution in [-0.2, 0) is 11.2 Å². The maximum Gasteiger partial charge on any atom is 1.00 e. The monoisotopic (exact) mass is 452 g/mol. The largest absolute Gasteiger partial charge is 1.00 e. The summed E-state index contributed by atoms with van der Waals surface area (Å²) in [6.07, 6.45) is 0.119. The topological polar surface area (TPSA) is 92.2 Å². The van der Waals surface area contributed by atoms with E-state index in [9.17, 15) is 14.7 Å². The van der Waals surface area contributed by atoms with Crippen LogP contribution in [0.25, 0.3) is 16.6 Å². The van der Waals surface area contributed by atoms with Crippen LogP contribution in [0.15, 0.2) is 78.4 Å². The maximum absolute atomic E-state index is 13.4. The van der Waals surface area contributed by atoms with E-state index in [-0.39, 0.29) is 52.9 Å². The van der Waals surface area contributed by atoms with E-state index in [1.165, 1.54) is 0 Å². The normalized spacial score (nSPS) is 11.4. The first kappa shape index (κ1) is 23.8. The van der Waals surface area contributed by atoms with E-state index >= 15 is 0 Å². The summed E-state index contributed by atoms with van der Waals surface area (Å²) in [5.41, 5.74) is 2.75. The van der Waals surface area contributed by atoms with Gasteiger partial charge >= 0.3 is 29.6 Å². The van der Waals surface area contributed by atoms with Crippen molar-refractivity contribution in [1.82, 2.24) is 8.75 Å². The molecule has 0 radical (unpaired) electrons. The number of methoxy groups -OCH3 is 1. The molecule has 0 bridgehead atoms. The number of aliphatic carboxylic acids is 1. The van der Waals surface area contributed by atoms with Crippen LogP contribution in [0.2, 0.25) is 0 Å². The first-order valence-electron chi connectivity index (χ1n) is 9.46. The number of fused-ring (bicyclic) bond motifs is 1. The van der Waals surface area contributed by atoms with Gasteiger partial charge in [0.15, 0.2) is 5.78 Å². The molecule has 0 N–H and O–H groups in total. The van der Waals surface area contributed by atoms with Crippen molar-refractivity contribution in [3.8, 4) is 5.75 Å². The Balaban J connectivity index is 0.00000289. The van der Waals surface area contributed by atoms with Crippen LogP contribution in [0.3, 0.4) is 0 Å². The molecule has 0 aliphatic carbocycles. The summed E-state index contributed by atoms with van der Waals surface area (Å²) < 4.78 is 13.5. The molecule has 4 rings (SSSR count). The second kappa shape index (κ2) is 10.7. The smallest absolute Gasteiger partial charge is 0.545 e. The number of carbonyl (C=O) groups is 2. The third kappa shape index (κ3) is 5.14. The number of ether oxygens (including phenoxy) is 1. The molecule has 0 fully saturated rings. The number of aromatic nitrogens is 2. The first-order chi connectivity index (χ1) is 15.1. The predicted molar refractivity (Wildman–Crippen MR) is 117 cm³/mol. The zero-order valence-electron chi connectivity index (χ0n) is 17.6. The van der Waals surface area contributed by atoms with Crippen molar-refractivity contribution in [2.45, 2.75) is 6.42 Å². The second-order valence-corrected chi connectivity index (χ2v) is 7.36. The zero-order chi connectivity index (χ0) is 21.8. The van der Waals surface area contributed by atoms with Gasteiger partial charge in [-0.3, -0.25) is 4.79 Å². The van der Waals surface area contributed by atoms with E-state index in [0.717, 1.165) is 17.3 Å². The molecule has 8 heteroatoms. The number of carboxylic acids is 1. The van der Waals surface area contributed by atoms with Gasteiger partial charge < -0.3 is 14.6 Å². The molecule has 0 aliphatic heterocycles. The average molecular weight is 452 g/mol. The Bertz CT molecular complexity index is 1280. The van der Waals surface area contributed by atoms with Gasteiger partial charge in [0.1, 0.15) is 16.8 Å². The minimum Gasteiger partial charge on any atom is -0.545 e. The van der Waals surface area contributed by atoms with E-state index in [1.807, 2.05) is 0 Å². The van der Waals surface area contributed by atoms with Crippen LogP contribution in [0.4, 0.5) is 0 Å². The van der Waals surface area contributed by atoms with E-state index in [4.69, 9.17) is 4.74 Å². The number of rotatable bonds is 7. The third-order valence-electron chi connectivity index (χ3n) is 4.90. The molecule has 32 heavy (non-hydrogen) atoms. The number of allylic oxidation sites excluding steroid dienone is 1. The molecule has 6 nitrogen and oxygen atoms in total. The number of hydrogen-bond donors (Lipinski definition) is 0. The standard InChI is InChI=1S/C24H18N2O4S.Na/c1-30-18-10-7-15(8-11-18)13-19(23(27)16-5-3-2-4-6-16)22(24(28)29)17-9-12-20-21(14-17)26-31-25-20;/h2-12,14H,13H2,1H3,(H,28,29);/q;+1/p-1/b22-19+;. The van der Waals surface area contributed by atoms with E-state index in [1.54, 1.807) is 79.9 Å². The Hall–Kier alpha value is -2.84. The molecule has 3 aromatic carbocycles. The van der Waals surface area contributed by atoms with Gasteiger partial charge in [-0.25, -0.2) is 0 Å². The molecule has 4 aromatic rings. The fourth-order valence-electron chi connectivity index (χ4n) is 3.35. The number of Topliss-reactive ketones (excluding diaryl/α,β-unsaturated/α-hetero) is 1. The zero-order valence-corrected chi connectivity index (χ0v) is 20.4. The van der Waals surface area contributed by atoms with Crippen molar-refractivity contribution in [3.63, 3.8) is 0 Å². The summed E-state index contributed by atoms with van der Waals surface area (Å²) in [6, 6.07) is 20.7. The van der Waals surface area contributed by atoms with Crippen LogP contribution in [0.5, 0.6) is 5.75 Å². The number of carboxylic acid groups (broad SMARTS) is 1. The summed E-state index contributed by atoms with van der Waals surface area (Å²) in [5.74, 6) is -1.12. The molecule has 1 aromatic heterocycles. The number of ketones is 1. The quantitative estimate of drug-likeness (QED) is 0.228. The molecule has 154 valence electrons. The number of nitrogens with zero attached hydrogens (tertiary/aromatic N) is 2. The molecule has 0 atom stereocenters. The molecular weight excluding hydrogens is 435 g/mol. The molecule has 0 spiro atoms. The maximum atomic E-state index is 13.4. The third-order valence-corrected chi connectivity index (χ3v) is 5.46. The Morgan fingerprint density at radius 1 is 0.906 bits per heavy atom. The van der Waals surface area contributed by atoms with E-state index in [2.05, 4.69) is 8.75 Å². The summed E-state index contributed by atoms with van der Waals surface area (Å²) >= 11 is 1.04. The fourth-order valence-corrected chi connectivity index (χ4v) is 3.86. The van der Waals surface area contributed by atoms with Gasteiger partial charge in [-0.2, -0.15) is 8.75 Å². The van der Waals surface area contributed by atoms with Crippen molar-refractivity contribution in [2.75, 3.05) is 7.11 Å². The molecule has 1 heterocycles. The van der Waals surface area contributed by atoms with Crippen LogP contribution >= 0.6 is 11.7 Å². The summed E-state index contributed by atoms with van der Waals surface area (Å²) in [5, 5.41) is 12.3. The van der Waals surface area contributed by atoms with Crippen molar-refractivity contribution < 1.29 is 49.0 Å². The van der Waals surface area contributed by atoms with E-state index < -0.39 is 5.97 Å². The number of hydrogen-bond acceptors (Lipinski definition) is 7. The Morgan fingerprint density at radius 2 is 1.59 bits per heavy atom. The van der Waals surface area contributed by atoms with Crippen LogP contribution in [-0.4, -0.2) is 27.6 Å².